The first-order valence-corrected chi connectivity index (χ1v) is 5.35. The Kier molecular flexibility index (Phi) is 5.36. The van der Waals surface area contributed by atoms with Crippen molar-refractivity contribution in [3.05, 3.63) is 35.7 Å². The highest BCUT2D eigenvalue weighted by molar-refractivity contribution is 5.88. The molecule has 0 N–H and O–H groups in total. The van der Waals surface area contributed by atoms with Crippen LogP contribution >= 0.6 is 0 Å². The van der Waals surface area contributed by atoms with Gasteiger partial charge < -0.3 is 14.2 Å². The summed E-state index contributed by atoms with van der Waals surface area (Å²) >= 11 is 0. The van der Waals surface area contributed by atoms with Crippen LogP contribution in [0, 0.1) is 0 Å². The van der Waals surface area contributed by atoms with Gasteiger partial charge in [0.15, 0.2) is 0 Å². The first-order chi connectivity index (χ1) is 9.38. The van der Waals surface area contributed by atoms with Gasteiger partial charge in [-0.15, -0.1) is 0 Å². The molecule has 0 saturated carbocycles. The number of ether oxygens (including phenoxy) is 3. The van der Waals surface area contributed by atoms with E-state index in [9.17, 15) is 18.0 Å². The first-order valence-electron chi connectivity index (χ1n) is 5.35. The zero-order chi connectivity index (χ0) is 15.2. The Labute approximate surface area is 113 Å². The van der Waals surface area contributed by atoms with E-state index in [2.05, 4.69) is 14.5 Å². The van der Waals surface area contributed by atoms with E-state index in [0.717, 1.165) is 25.5 Å². The lowest BCUT2D eigenvalue weighted by molar-refractivity contribution is -0.141. The van der Waals surface area contributed by atoms with E-state index in [1.54, 1.807) is 0 Å². The number of hydrogen-bond donors (Lipinski definition) is 0. The number of methoxy groups -OCH3 is 2. The molecular formula is C12H12F3NO4. The van der Waals surface area contributed by atoms with Gasteiger partial charge in [0, 0.05) is 6.07 Å². The highest BCUT2D eigenvalue weighted by Gasteiger charge is 2.32. The Balaban J connectivity index is 2.79. The number of carbonyl (C=O) groups excluding carboxylic acids is 1. The molecule has 0 aliphatic heterocycles. The molecule has 0 fully saturated rings. The second-order valence-electron chi connectivity index (χ2n) is 3.52. The molecule has 0 atom stereocenters. The van der Waals surface area contributed by atoms with Gasteiger partial charge in [0.05, 0.1) is 20.5 Å². The number of rotatable bonds is 5. The summed E-state index contributed by atoms with van der Waals surface area (Å²) in [7, 11) is 2.47. The van der Waals surface area contributed by atoms with Gasteiger partial charge in [-0.2, -0.15) is 13.2 Å². The lowest BCUT2D eigenvalue weighted by Gasteiger charge is -2.10. The zero-order valence-corrected chi connectivity index (χ0v) is 10.7. The SMILES string of the molecule is CO/C=C(\COc1cccc(C(F)(F)F)n1)C(=O)OC. The minimum Gasteiger partial charge on any atom is -0.504 e. The summed E-state index contributed by atoms with van der Waals surface area (Å²) < 4.78 is 51.5. The predicted octanol–water partition coefficient (Wildman–Crippen LogP) is 2.18. The van der Waals surface area contributed by atoms with Crippen molar-refractivity contribution < 1.29 is 32.2 Å². The molecule has 1 rings (SSSR count). The molecule has 0 aromatic carbocycles. The summed E-state index contributed by atoms with van der Waals surface area (Å²) in [5, 5.41) is 0. The lowest BCUT2D eigenvalue weighted by atomic mass is 10.3. The van der Waals surface area contributed by atoms with Gasteiger partial charge in [-0.3, -0.25) is 0 Å². The molecule has 0 aliphatic rings. The zero-order valence-electron chi connectivity index (χ0n) is 10.7. The fraction of sp³-hybridized carbons (Fsp3) is 0.333. The monoisotopic (exact) mass is 291 g/mol. The molecule has 110 valence electrons. The third-order valence-electron chi connectivity index (χ3n) is 2.10. The van der Waals surface area contributed by atoms with Crippen LogP contribution in [0.25, 0.3) is 0 Å². The van der Waals surface area contributed by atoms with Crippen molar-refractivity contribution in [3.8, 4) is 5.88 Å². The van der Waals surface area contributed by atoms with E-state index >= 15 is 0 Å². The number of halogens is 3. The molecule has 0 bridgehead atoms. The van der Waals surface area contributed by atoms with Crippen molar-refractivity contribution in [1.29, 1.82) is 0 Å². The number of pyridine rings is 1. The van der Waals surface area contributed by atoms with Crippen LogP contribution in [0.5, 0.6) is 5.88 Å². The number of esters is 1. The maximum Gasteiger partial charge on any atom is 0.433 e. The lowest BCUT2D eigenvalue weighted by Crippen LogP contribution is -2.14. The Hall–Kier alpha value is -2.25. The summed E-state index contributed by atoms with van der Waals surface area (Å²) in [5.41, 5.74) is -1.07. The smallest absolute Gasteiger partial charge is 0.433 e. The molecule has 0 aliphatic carbocycles. The number of aromatic nitrogens is 1. The molecule has 1 heterocycles. The molecule has 1 aromatic heterocycles. The first kappa shape index (κ1) is 15.8. The van der Waals surface area contributed by atoms with Gasteiger partial charge in [0.25, 0.3) is 0 Å². The van der Waals surface area contributed by atoms with Gasteiger partial charge in [-0.1, -0.05) is 6.07 Å². The Morgan fingerprint density at radius 1 is 1.35 bits per heavy atom. The third-order valence-corrected chi connectivity index (χ3v) is 2.10. The average molecular weight is 291 g/mol. The normalized spacial score (nSPS) is 11.9. The van der Waals surface area contributed by atoms with E-state index in [1.807, 2.05) is 0 Å². The highest BCUT2D eigenvalue weighted by Crippen LogP contribution is 2.28. The summed E-state index contributed by atoms with van der Waals surface area (Å²) in [6, 6.07) is 3.22. The summed E-state index contributed by atoms with van der Waals surface area (Å²) in [4.78, 5) is 14.6. The van der Waals surface area contributed by atoms with Crippen LogP contribution in [0.4, 0.5) is 13.2 Å². The predicted molar refractivity (Wildman–Crippen MR) is 61.8 cm³/mol. The molecule has 0 amide bonds. The van der Waals surface area contributed by atoms with Crippen LogP contribution in [0.2, 0.25) is 0 Å². The molecule has 0 unspecified atom stereocenters. The van der Waals surface area contributed by atoms with E-state index in [0.29, 0.717) is 0 Å². The maximum absolute atomic E-state index is 12.4. The Bertz CT molecular complexity index is 500. The molecule has 20 heavy (non-hydrogen) atoms. The molecule has 1 aromatic rings. The second-order valence-corrected chi connectivity index (χ2v) is 3.52. The molecular weight excluding hydrogens is 279 g/mol. The minimum atomic E-state index is -4.56. The molecule has 5 nitrogen and oxygen atoms in total. The quantitative estimate of drug-likeness (QED) is 0.473. The van der Waals surface area contributed by atoms with Crippen molar-refractivity contribution in [1.82, 2.24) is 4.98 Å². The average Bonchev–Trinajstić information content (AvgIpc) is 2.42. The summed E-state index contributed by atoms with van der Waals surface area (Å²) in [6.07, 6.45) is -3.48. The van der Waals surface area contributed by atoms with Crippen molar-refractivity contribution in [2.24, 2.45) is 0 Å². The molecule has 0 radical (unpaired) electrons. The van der Waals surface area contributed by atoms with E-state index < -0.39 is 17.8 Å². The molecule has 8 heteroatoms. The maximum atomic E-state index is 12.4. The standard InChI is InChI=1S/C12H12F3NO4/c1-18-6-8(11(17)19-2)7-20-10-5-3-4-9(16-10)12(13,14)15/h3-6H,7H2,1-2H3/b8-6+. The van der Waals surface area contributed by atoms with Gasteiger partial charge in [0.2, 0.25) is 5.88 Å². The van der Waals surface area contributed by atoms with E-state index in [1.165, 1.54) is 13.2 Å². The number of alkyl halides is 3. The Morgan fingerprint density at radius 3 is 2.60 bits per heavy atom. The van der Waals surface area contributed by atoms with Crippen molar-refractivity contribution in [2.45, 2.75) is 6.18 Å². The van der Waals surface area contributed by atoms with Crippen LogP contribution in [0.15, 0.2) is 30.0 Å². The van der Waals surface area contributed by atoms with Gasteiger partial charge in [0.1, 0.15) is 17.9 Å². The van der Waals surface area contributed by atoms with E-state index in [-0.39, 0.29) is 18.1 Å². The fourth-order valence-electron chi connectivity index (χ4n) is 1.22. The minimum absolute atomic E-state index is 0.00853. The summed E-state index contributed by atoms with van der Waals surface area (Å²) in [6.45, 7) is -0.325. The summed E-state index contributed by atoms with van der Waals surface area (Å²) in [5.74, 6) is -0.968. The van der Waals surface area contributed by atoms with Crippen LogP contribution in [-0.2, 0) is 20.4 Å². The van der Waals surface area contributed by atoms with E-state index in [4.69, 9.17) is 4.74 Å². The third kappa shape index (κ3) is 4.45. The fourth-order valence-corrected chi connectivity index (χ4v) is 1.22. The second kappa shape index (κ2) is 6.78. The van der Waals surface area contributed by atoms with Gasteiger partial charge >= 0.3 is 12.1 Å². The van der Waals surface area contributed by atoms with Crippen LogP contribution < -0.4 is 4.74 Å². The molecule has 0 saturated heterocycles. The van der Waals surface area contributed by atoms with Gasteiger partial charge in [-0.05, 0) is 6.07 Å². The topological polar surface area (TPSA) is 57.7 Å². The highest BCUT2D eigenvalue weighted by atomic mass is 19.4. The van der Waals surface area contributed by atoms with Crippen LogP contribution in [-0.4, -0.2) is 31.8 Å². The van der Waals surface area contributed by atoms with Crippen molar-refractivity contribution >= 4 is 5.97 Å². The van der Waals surface area contributed by atoms with Crippen molar-refractivity contribution in [3.63, 3.8) is 0 Å². The largest absolute Gasteiger partial charge is 0.504 e. The number of hydrogen-bond acceptors (Lipinski definition) is 5. The molecule has 0 spiro atoms. The van der Waals surface area contributed by atoms with Crippen molar-refractivity contribution in [2.75, 3.05) is 20.8 Å². The number of carbonyl (C=O) groups is 1. The number of nitrogens with zero attached hydrogens (tertiary/aromatic N) is 1. The van der Waals surface area contributed by atoms with Crippen LogP contribution in [0.1, 0.15) is 5.69 Å². The Morgan fingerprint density at radius 2 is 2.05 bits per heavy atom. The van der Waals surface area contributed by atoms with Gasteiger partial charge in [-0.25, -0.2) is 9.78 Å². The van der Waals surface area contributed by atoms with Crippen LogP contribution in [0.3, 0.4) is 0 Å².